The minimum absolute atomic E-state index is 0.225. The molecule has 0 aromatic heterocycles. The second kappa shape index (κ2) is 7.03. The molecule has 0 saturated heterocycles. The summed E-state index contributed by atoms with van der Waals surface area (Å²) in [5.74, 6) is 0.706. The van der Waals surface area contributed by atoms with Gasteiger partial charge in [0.1, 0.15) is 0 Å². The largest absolute Gasteiger partial charge is 0.287 e. The van der Waals surface area contributed by atoms with E-state index >= 15 is 0 Å². The lowest BCUT2D eigenvalue weighted by Crippen LogP contribution is -2.25. The summed E-state index contributed by atoms with van der Waals surface area (Å²) in [6.45, 7) is 8.48. The smallest absolute Gasteiger partial charge is 0.262 e. The van der Waals surface area contributed by atoms with Crippen LogP contribution in [0.15, 0.2) is 29.2 Å². The Hall–Kier alpha value is -0.910. The first-order chi connectivity index (χ1) is 8.86. The molecule has 0 bridgehead atoms. The first kappa shape index (κ1) is 16.1. The van der Waals surface area contributed by atoms with E-state index in [4.69, 9.17) is 4.84 Å². The van der Waals surface area contributed by atoms with Crippen molar-refractivity contribution < 1.29 is 13.3 Å². The maximum Gasteiger partial charge on any atom is 0.262 e. The molecule has 0 radical (unpaired) electrons. The molecule has 0 aliphatic rings. The number of nitrogens with one attached hydrogen (secondary N) is 1. The molecular formula is C14H23NO3S. The first-order valence-corrected chi connectivity index (χ1v) is 8.08. The summed E-state index contributed by atoms with van der Waals surface area (Å²) in [4.78, 5) is 7.34. The van der Waals surface area contributed by atoms with Crippen LogP contribution in [0.3, 0.4) is 0 Å². The summed E-state index contributed by atoms with van der Waals surface area (Å²) in [6.07, 6.45) is 1.03. The van der Waals surface area contributed by atoms with Gasteiger partial charge in [-0.1, -0.05) is 44.7 Å². The maximum absolute atomic E-state index is 11.9. The molecule has 5 heteroatoms. The molecular weight excluding hydrogens is 262 g/mol. The van der Waals surface area contributed by atoms with E-state index in [-0.39, 0.29) is 10.8 Å². The average Bonchev–Trinajstić information content (AvgIpc) is 2.37. The Bertz CT molecular complexity index is 480. The minimum atomic E-state index is -3.58. The van der Waals surface area contributed by atoms with Crippen LogP contribution in [0, 0.1) is 5.92 Å². The van der Waals surface area contributed by atoms with Crippen molar-refractivity contribution in [2.24, 2.45) is 5.92 Å². The van der Waals surface area contributed by atoms with Gasteiger partial charge in [-0.2, -0.15) is 0 Å². The van der Waals surface area contributed by atoms with Gasteiger partial charge in [0.25, 0.3) is 10.0 Å². The van der Waals surface area contributed by atoms with E-state index in [9.17, 15) is 8.42 Å². The van der Waals surface area contributed by atoms with Gasteiger partial charge in [-0.15, -0.1) is 0 Å². The van der Waals surface area contributed by atoms with Crippen molar-refractivity contribution in [3.05, 3.63) is 29.8 Å². The third-order valence-electron chi connectivity index (χ3n) is 2.96. The number of hydrogen-bond acceptors (Lipinski definition) is 3. The third kappa shape index (κ3) is 4.93. The molecule has 1 rings (SSSR count). The van der Waals surface area contributed by atoms with Crippen molar-refractivity contribution in [3.8, 4) is 0 Å². The lowest BCUT2D eigenvalue weighted by atomic mass is 9.99. The summed E-state index contributed by atoms with van der Waals surface area (Å²) in [5.41, 5.74) is 1.14. The quantitative estimate of drug-likeness (QED) is 0.783. The monoisotopic (exact) mass is 285 g/mol. The van der Waals surface area contributed by atoms with E-state index in [0.717, 1.165) is 12.0 Å². The van der Waals surface area contributed by atoms with Crippen LogP contribution in [0.2, 0.25) is 0 Å². The van der Waals surface area contributed by atoms with E-state index in [1.54, 1.807) is 12.1 Å². The highest BCUT2D eigenvalue weighted by molar-refractivity contribution is 7.89. The third-order valence-corrected chi connectivity index (χ3v) is 4.19. The van der Waals surface area contributed by atoms with Gasteiger partial charge in [-0.05, 0) is 36.0 Å². The van der Waals surface area contributed by atoms with Crippen molar-refractivity contribution in [1.29, 1.82) is 0 Å². The molecule has 19 heavy (non-hydrogen) atoms. The Kier molecular flexibility index (Phi) is 5.97. The van der Waals surface area contributed by atoms with Crippen LogP contribution < -0.4 is 4.89 Å². The van der Waals surface area contributed by atoms with Crippen LogP contribution in [-0.4, -0.2) is 15.0 Å². The summed E-state index contributed by atoms with van der Waals surface area (Å²) < 4.78 is 23.9. The molecule has 0 aliphatic carbocycles. The fraction of sp³-hybridized carbons (Fsp3) is 0.571. The van der Waals surface area contributed by atoms with Gasteiger partial charge in [0.05, 0.1) is 11.5 Å². The van der Waals surface area contributed by atoms with Crippen molar-refractivity contribution in [1.82, 2.24) is 4.89 Å². The lowest BCUT2D eigenvalue weighted by molar-refractivity contribution is 0.0718. The highest BCUT2D eigenvalue weighted by Crippen LogP contribution is 2.20. The van der Waals surface area contributed by atoms with Crippen LogP contribution in [0.1, 0.15) is 45.6 Å². The topological polar surface area (TPSA) is 55.4 Å². The molecule has 0 heterocycles. The van der Waals surface area contributed by atoms with E-state index in [1.807, 2.05) is 26.0 Å². The summed E-state index contributed by atoms with van der Waals surface area (Å²) in [7, 11) is -3.58. The van der Waals surface area contributed by atoms with Gasteiger partial charge in [-0.25, -0.2) is 8.42 Å². The second-order valence-corrected chi connectivity index (χ2v) is 6.81. The Morgan fingerprint density at radius 3 is 2.21 bits per heavy atom. The van der Waals surface area contributed by atoms with Gasteiger partial charge in [0, 0.05) is 0 Å². The maximum atomic E-state index is 11.9. The molecule has 1 N–H and O–H groups in total. The van der Waals surface area contributed by atoms with Crippen LogP contribution in [0.4, 0.5) is 0 Å². The Morgan fingerprint density at radius 2 is 1.74 bits per heavy atom. The molecule has 0 saturated carbocycles. The second-order valence-electron chi connectivity index (χ2n) is 5.17. The highest BCUT2D eigenvalue weighted by atomic mass is 32.2. The standard InChI is InChI=1S/C14H23NO3S/c1-5-12(4)13-6-8-14(9-7-13)19(16,17)15-18-10-11(2)3/h6-9,11-12,15H,5,10H2,1-4H3. The number of rotatable bonds is 7. The summed E-state index contributed by atoms with van der Waals surface area (Å²) >= 11 is 0. The fourth-order valence-corrected chi connectivity index (χ4v) is 2.35. The fourth-order valence-electron chi connectivity index (χ4n) is 1.54. The molecule has 0 fully saturated rings. The van der Waals surface area contributed by atoms with Crippen LogP contribution in [0.5, 0.6) is 0 Å². The predicted molar refractivity (Wildman–Crippen MR) is 76.3 cm³/mol. The first-order valence-electron chi connectivity index (χ1n) is 6.60. The summed E-state index contributed by atoms with van der Waals surface area (Å²) in [6, 6.07) is 6.93. The average molecular weight is 285 g/mol. The van der Waals surface area contributed by atoms with Crippen molar-refractivity contribution in [3.63, 3.8) is 0 Å². The molecule has 0 spiro atoms. The van der Waals surface area contributed by atoms with Crippen molar-refractivity contribution in [2.75, 3.05) is 6.61 Å². The molecule has 4 nitrogen and oxygen atoms in total. The van der Waals surface area contributed by atoms with E-state index in [2.05, 4.69) is 18.7 Å². The van der Waals surface area contributed by atoms with E-state index in [0.29, 0.717) is 12.5 Å². The minimum Gasteiger partial charge on any atom is -0.287 e. The van der Waals surface area contributed by atoms with E-state index in [1.165, 1.54) is 0 Å². The van der Waals surface area contributed by atoms with Crippen LogP contribution in [0.25, 0.3) is 0 Å². The zero-order valence-corrected chi connectivity index (χ0v) is 12.8. The van der Waals surface area contributed by atoms with Gasteiger partial charge >= 0.3 is 0 Å². The molecule has 1 atom stereocenters. The number of hydrogen-bond donors (Lipinski definition) is 1. The normalized spacial score (nSPS) is 13.7. The Morgan fingerprint density at radius 1 is 1.16 bits per heavy atom. The highest BCUT2D eigenvalue weighted by Gasteiger charge is 2.14. The Balaban J connectivity index is 2.73. The zero-order chi connectivity index (χ0) is 14.5. The van der Waals surface area contributed by atoms with Crippen molar-refractivity contribution >= 4 is 10.0 Å². The van der Waals surface area contributed by atoms with Crippen LogP contribution in [-0.2, 0) is 14.9 Å². The van der Waals surface area contributed by atoms with Crippen LogP contribution >= 0.6 is 0 Å². The molecule has 0 aliphatic heterocycles. The number of sulfonamides is 1. The SMILES string of the molecule is CCC(C)c1ccc(S(=O)(=O)NOCC(C)C)cc1. The zero-order valence-electron chi connectivity index (χ0n) is 12.0. The molecule has 1 aromatic carbocycles. The molecule has 1 aromatic rings. The number of benzene rings is 1. The van der Waals surface area contributed by atoms with Gasteiger partial charge in [0.2, 0.25) is 0 Å². The molecule has 1 unspecified atom stereocenters. The predicted octanol–water partition coefficient (Wildman–Crippen LogP) is 3.07. The lowest BCUT2D eigenvalue weighted by Gasteiger charge is -2.11. The van der Waals surface area contributed by atoms with Gasteiger partial charge in [-0.3, -0.25) is 4.84 Å². The van der Waals surface area contributed by atoms with E-state index < -0.39 is 10.0 Å². The van der Waals surface area contributed by atoms with Gasteiger partial charge in [0.15, 0.2) is 0 Å². The summed E-state index contributed by atoms with van der Waals surface area (Å²) in [5, 5.41) is 0. The van der Waals surface area contributed by atoms with Crippen molar-refractivity contribution in [2.45, 2.75) is 44.9 Å². The Labute approximate surface area is 116 Å². The molecule has 0 amide bonds. The van der Waals surface area contributed by atoms with Gasteiger partial charge < -0.3 is 0 Å². The molecule has 108 valence electrons.